The second kappa shape index (κ2) is 5.04. The van der Waals surface area contributed by atoms with E-state index in [2.05, 4.69) is 9.98 Å². The second-order valence-electron chi connectivity index (χ2n) is 3.06. The van der Waals surface area contributed by atoms with Gasteiger partial charge in [-0.2, -0.15) is 0 Å². The number of aromatic nitrogens is 1. The molecule has 0 radical (unpaired) electrons. The third-order valence-corrected chi connectivity index (χ3v) is 2.74. The van der Waals surface area contributed by atoms with Crippen LogP contribution in [0.2, 0.25) is 0 Å². The maximum absolute atomic E-state index is 11.6. The van der Waals surface area contributed by atoms with Gasteiger partial charge in [-0.3, -0.25) is 9.78 Å². The summed E-state index contributed by atoms with van der Waals surface area (Å²) >= 11 is 1.34. The lowest BCUT2D eigenvalue weighted by Gasteiger charge is -2.11. The minimum absolute atomic E-state index is 0.222. The van der Waals surface area contributed by atoms with Gasteiger partial charge in [0.15, 0.2) is 0 Å². The summed E-state index contributed by atoms with van der Waals surface area (Å²) in [5.74, 6) is 0.451. The molecule has 1 aromatic heterocycles. The number of nitrogens with zero attached hydrogens (tertiary/aromatic N) is 2. The summed E-state index contributed by atoms with van der Waals surface area (Å²) in [4.78, 5) is 19.6. The Balaban J connectivity index is 2.08. The van der Waals surface area contributed by atoms with Gasteiger partial charge in [-0.25, -0.2) is 4.99 Å². The van der Waals surface area contributed by atoms with Gasteiger partial charge in [0.2, 0.25) is 0 Å². The summed E-state index contributed by atoms with van der Waals surface area (Å²) in [6, 6.07) is 3.44. The van der Waals surface area contributed by atoms with Crippen molar-refractivity contribution in [3.05, 3.63) is 30.1 Å². The van der Waals surface area contributed by atoms with Crippen molar-refractivity contribution >= 4 is 23.7 Å². The molecule has 2 rings (SSSR count). The number of pyridine rings is 1. The largest absolute Gasteiger partial charge is 0.315 e. The molecule has 1 aromatic rings. The number of rotatable bonds is 1. The fourth-order valence-electron chi connectivity index (χ4n) is 1.19. The van der Waals surface area contributed by atoms with E-state index in [1.54, 1.807) is 18.3 Å². The third kappa shape index (κ3) is 2.87. The summed E-state index contributed by atoms with van der Waals surface area (Å²) in [5, 5.41) is 0. The Labute approximate surface area is 92.0 Å². The Morgan fingerprint density at radius 3 is 3.20 bits per heavy atom. The molecule has 2 heterocycles. The molecule has 0 aliphatic carbocycles. The van der Waals surface area contributed by atoms with E-state index in [4.69, 9.17) is 4.18 Å². The van der Waals surface area contributed by atoms with Gasteiger partial charge in [0.1, 0.15) is 0 Å². The minimum Gasteiger partial charge on any atom is -0.315 e. The van der Waals surface area contributed by atoms with Crippen molar-refractivity contribution in [2.75, 3.05) is 12.4 Å². The molecule has 1 amide bonds. The van der Waals surface area contributed by atoms with E-state index in [9.17, 15) is 4.79 Å². The highest BCUT2D eigenvalue weighted by Crippen LogP contribution is 2.13. The van der Waals surface area contributed by atoms with Gasteiger partial charge < -0.3 is 4.18 Å². The van der Waals surface area contributed by atoms with Crippen LogP contribution in [-0.2, 0) is 4.18 Å². The number of aliphatic imine (C=N–C) groups is 1. The lowest BCUT2D eigenvalue weighted by molar-refractivity contribution is 0.100. The van der Waals surface area contributed by atoms with E-state index >= 15 is 0 Å². The predicted molar refractivity (Wildman–Crippen MR) is 59.0 cm³/mol. The molecule has 1 fully saturated rings. The maximum atomic E-state index is 11.6. The quantitative estimate of drug-likeness (QED) is 0.679. The van der Waals surface area contributed by atoms with Gasteiger partial charge in [0.05, 0.1) is 17.9 Å². The molecule has 15 heavy (non-hydrogen) atoms. The molecule has 0 aromatic carbocycles. The molecule has 4 nitrogen and oxygen atoms in total. The van der Waals surface area contributed by atoms with Crippen molar-refractivity contribution in [3.63, 3.8) is 0 Å². The molecular weight excluding hydrogens is 212 g/mol. The Bertz CT molecular complexity index is 370. The van der Waals surface area contributed by atoms with Crippen molar-refractivity contribution < 1.29 is 8.98 Å². The zero-order valence-electron chi connectivity index (χ0n) is 8.05. The molecule has 0 atom stereocenters. The van der Waals surface area contributed by atoms with Crippen molar-refractivity contribution in [2.24, 2.45) is 4.99 Å². The van der Waals surface area contributed by atoms with Gasteiger partial charge in [-0.15, -0.1) is 0 Å². The SMILES string of the molecule is O=C(/N=C1\CCOSC1)c1cccnc1. The first-order valence-electron chi connectivity index (χ1n) is 4.61. The van der Waals surface area contributed by atoms with Crippen LogP contribution in [0.4, 0.5) is 0 Å². The summed E-state index contributed by atoms with van der Waals surface area (Å²) in [7, 11) is 0. The van der Waals surface area contributed by atoms with E-state index in [1.807, 2.05) is 0 Å². The van der Waals surface area contributed by atoms with Gasteiger partial charge in [0, 0.05) is 24.5 Å². The smallest absolute Gasteiger partial charge is 0.278 e. The highest BCUT2D eigenvalue weighted by molar-refractivity contribution is 7.95. The van der Waals surface area contributed by atoms with Crippen molar-refractivity contribution in [1.29, 1.82) is 0 Å². The van der Waals surface area contributed by atoms with Gasteiger partial charge in [-0.1, -0.05) is 0 Å². The van der Waals surface area contributed by atoms with Crippen LogP contribution in [-0.4, -0.2) is 29.0 Å². The van der Waals surface area contributed by atoms with Crippen LogP contribution in [0.1, 0.15) is 16.8 Å². The summed E-state index contributed by atoms with van der Waals surface area (Å²) in [6.07, 6.45) is 3.89. The number of amides is 1. The summed E-state index contributed by atoms with van der Waals surface area (Å²) in [5.41, 5.74) is 1.42. The molecule has 0 bridgehead atoms. The van der Waals surface area contributed by atoms with Crippen molar-refractivity contribution in [3.8, 4) is 0 Å². The number of hydrogen-bond donors (Lipinski definition) is 0. The van der Waals surface area contributed by atoms with Crippen molar-refractivity contribution in [1.82, 2.24) is 4.98 Å². The molecular formula is C10H10N2O2S. The molecule has 5 heteroatoms. The monoisotopic (exact) mass is 222 g/mol. The highest BCUT2D eigenvalue weighted by Gasteiger charge is 2.11. The molecule has 1 aliphatic rings. The van der Waals surface area contributed by atoms with Crippen LogP contribution >= 0.6 is 12.0 Å². The van der Waals surface area contributed by atoms with Gasteiger partial charge in [0.25, 0.3) is 5.91 Å². The van der Waals surface area contributed by atoms with Gasteiger partial charge in [-0.05, 0) is 24.2 Å². The maximum Gasteiger partial charge on any atom is 0.278 e. The molecule has 0 N–H and O–H groups in total. The minimum atomic E-state index is -0.222. The Hall–Kier alpha value is -1.20. The second-order valence-corrected chi connectivity index (χ2v) is 3.82. The van der Waals surface area contributed by atoms with Crippen molar-refractivity contribution in [2.45, 2.75) is 6.42 Å². The molecule has 1 saturated heterocycles. The van der Waals surface area contributed by atoms with E-state index in [0.717, 1.165) is 12.1 Å². The van der Waals surface area contributed by atoms with E-state index in [-0.39, 0.29) is 5.91 Å². The Morgan fingerprint density at radius 2 is 2.53 bits per heavy atom. The Kier molecular flexibility index (Phi) is 3.47. The first-order valence-corrected chi connectivity index (χ1v) is 5.52. The van der Waals surface area contributed by atoms with Gasteiger partial charge >= 0.3 is 0 Å². The van der Waals surface area contributed by atoms with Crippen LogP contribution < -0.4 is 0 Å². The average Bonchev–Trinajstić information content (AvgIpc) is 2.31. The zero-order valence-corrected chi connectivity index (χ0v) is 8.87. The molecule has 78 valence electrons. The van der Waals surface area contributed by atoms with Crippen LogP contribution in [0.3, 0.4) is 0 Å². The standard InChI is InChI=1S/C10H10N2O2S/c13-10(8-2-1-4-11-6-8)12-9-3-5-14-15-7-9/h1-2,4,6H,3,5,7H2/b12-9+. The van der Waals surface area contributed by atoms with E-state index in [1.165, 1.54) is 18.2 Å². The molecule has 1 aliphatic heterocycles. The summed E-state index contributed by atoms with van der Waals surface area (Å²) in [6.45, 7) is 0.629. The predicted octanol–water partition coefficient (Wildman–Crippen LogP) is 1.73. The normalized spacial score (nSPS) is 19.1. The van der Waals surface area contributed by atoms with E-state index in [0.29, 0.717) is 17.9 Å². The molecule has 0 saturated carbocycles. The first kappa shape index (κ1) is 10.3. The van der Waals surface area contributed by atoms with E-state index < -0.39 is 0 Å². The average molecular weight is 222 g/mol. The van der Waals surface area contributed by atoms with Crippen LogP contribution in [0.5, 0.6) is 0 Å². The topological polar surface area (TPSA) is 51.5 Å². The number of hydrogen-bond acceptors (Lipinski definition) is 4. The van der Waals surface area contributed by atoms with Crippen LogP contribution in [0.25, 0.3) is 0 Å². The fraction of sp³-hybridized carbons (Fsp3) is 0.300. The number of carbonyl (C=O) groups excluding carboxylic acids is 1. The highest BCUT2D eigenvalue weighted by atomic mass is 32.2. The zero-order chi connectivity index (χ0) is 10.5. The lowest BCUT2D eigenvalue weighted by atomic mass is 10.2. The fourth-order valence-corrected chi connectivity index (χ4v) is 1.82. The lowest BCUT2D eigenvalue weighted by Crippen LogP contribution is -2.14. The summed E-state index contributed by atoms with van der Waals surface area (Å²) < 4.78 is 5.10. The third-order valence-electron chi connectivity index (χ3n) is 1.95. The van der Waals surface area contributed by atoms with Crippen LogP contribution in [0, 0.1) is 0 Å². The first-order chi connectivity index (χ1) is 7.36. The number of carbonyl (C=O) groups is 1. The van der Waals surface area contributed by atoms with Crippen LogP contribution in [0.15, 0.2) is 29.5 Å². The molecule has 0 spiro atoms. The Morgan fingerprint density at radius 1 is 1.60 bits per heavy atom. The molecule has 0 unspecified atom stereocenters.